The first-order valence-electron chi connectivity index (χ1n) is 7.26. The molecule has 1 aromatic carbocycles. The van der Waals surface area contributed by atoms with E-state index in [2.05, 4.69) is 0 Å². The highest BCUT2D eigenvalue weighted by Gasteiger charge is 2.57. The number of carbonyl (C=O) groups excluding carboxylic acids is 1. The van der Waals surface area contributed by atoms with Crippen molar-refractivity contribution < 1.29 is 49.6 Å². The molecule has 0 aromatic heterocycles. The molecule has 1 fully saturated rings. The van der Waals surface area contributed by atoms with Gasteiger partial charge in [-0.1, -0.05) is 0 Å². The van der Waals surface area contributed by atoms with E-state index in [4.69, 9.17) is 14.2 Å². The van der Waals surface area contributed by atoms with Crippen LogP contribution < -0.4 is 9.47 Å². The van der Waals surface area contributed by atoms with E-state index in [1.54, 1.807) is 0 Å². The SMILES string of the molecule is COc1cc(C(=O)C2(O)OC(CO)C(O)C(O)C2O)cc(OC)c1O. The maximum absolute atomic E-state index is 12.7. The van der Waals surface area contributed by atoms with Gasteiger partial charge < -0.3 is 44.8 Å². The summed E-state index contributed by atoms with van der Waals surface area (Å²) in [5.74, 6) is -4.81. The highest BCUT2D eigenvalue weighted by molar-refractivity contribution is 6.03. The van der Waals surface area contributed by atoms with Crippen molar-refractivity contribution in [3.8, 4) is 17.2 Å². The molecule has 0 amide bonds. The van der Waals surface area contributed by atoms with Crippen LogP contribution in [0, 0.1) is 0 Å². The van der Waals surface area contributed by atoms with E-state index >= 15 is 0 Å². The molecule has 0 bridgehead atoms. The van der Waals surface area contributed by atoms with Gasteiger partial charge in [0.15, 0.2) is 11.5 Å². The Morgan fingerprint density at radius 1 is 1.16 bits per heavy atom. The van der Waals surface area contributed by atoms with Gasteiger partial charge in [0.1, 0.15) is 24.4 Å². The summed E-state index contributed by atoms with van der Waals surface area (Å²) in [6.07, 6.45) is -7.35. The van der Waals surface area contributed by atoms with E-state index in [0.717, 1.165) is 12.1 Å². The lowest BCUT2D eigenvalue weighted by Crippen LogP contribution is -2.68. The number of methoxy groups -OCH3 is 2. The van der Waals surface area contributed by atoms with Crippen LogP contribution >= 0.6 is 0 Å². The number of ether oxygens (including phenoxy) is 3. The van der Waals surface area contributed by atoms with Crippen molar-refractivity contribution in [3.63, 3.8) is 0 Å². The van der Waals surface area contributed by atoms with Crippen molar-refractivity contribution in [3.05, 3.63) is 17.7 Å². The molecule has 1 heterocycles. The summed E-state index contributed by atoms with van der Waals surface area (Å²) in [4.78, 5) is 12.7. The van der Waals surface area contributed by atoms with Crippen LogP contribution in [-0.4, -0.2) is 87.5 Å². The van der Waals surface area contributed by atoms with Gasteiger partial charge in [-0.25, -0.2) is 0 Å². The van der Waals surface area contributed by atoms with Crippen molar-refractivity contribution in [1.82, 2.24) is 0 Å². The van der Waals surface area contributed by atoms with Crippen LogP contribution in [0.2, 0.25) is 0 Å². The Morgan fingerprint density at radius 3 is 2.12 bits per heavy atom. The van der Waals surface area contributed by atoms with Gasteiger partial charge in [-0.3, -0.25) is 4.79 Å². The fraction of sp³-hybridized carbons (Fsp3) is 0.533. The molecule has 0 radical (unpaired) electrons. The summed E-state index contributed by atoms with van der Waals surface area (Å²) in [6.45, 7) is -0.817. The summed E-state index contributed by atoms with van der Waals surface area (Å²) in [7, 11) is 2.46. The second-order valence-corrected chi connectivity index (χ2v) is 5.52. The lowest BCUT2D eigenvalue weighted by molar-refractivity contribution is -0.322. The normalized spacial score (nSPS) is 32.3. The molecule has 0 aliphatic carbocycles. The van der Waals surface area contributed by atoms with E-state index in [1.807, 2.05) is 0 Å². The van der Waals surface area contributed by atoms with Crippen LogP contribution in [-0.2, 0) is 4.74 Å². The van der Waals surface area contributed by atoms with Gasteiger partial charge in [-0.05, 0) is 12.1 Å². The van der Waals surface area contributed by atoms with E-state index in [9.17, 15) is 35.4 Å². The molecule has 1 aromatic rings. The smallest absolute Gasteiger partial charge is 0.261 e. The number of carbonyl (C=O) groups is 1. The minimum absolute atomic E-state index is 0.143. The summed E-state index contributed by atoms with van der Waals surface area (Å²) in [5, 5.41) is 59.1. The second kappa shape index (κ2) is 7.12. The van der Waals surface area contributed by atoms with E-state index in [-0.39, 0.29) is 22.8 Å². The number of rotatable bonds is 5. The summed E-state index contributed by atoms with van der Waals surface area (Å²) in [5.41, 5.74) is -0.270. The highest BCUT2D eigenvalue weighted by Crippen LogP contribution is 2.39. The Bertz CT molecular complexity index is 620. The van der Waals surface area contributed by atoms with Crippen LogP contribution in [0.5, 0.6) is 17.2 Å². The van der Waals surface area contributed by atoms with Crippen molar-refractivity contribution >= 4 is 5.78 Å². The zero-order valence-electron chi connectivity index (χ0n) is 13.5. The number of aliphatic hydroxyl groups excluding tert-OH is 4. The Kier molecular flexibility index (Phi) is 5.52. The van der Waals surface area contributed by atoms with Gasteiger partial charge in [0.2, 0.25) is 11.5 Å². The summed E-state index contributed by atoms with van der Waals surface area (Å²) < 4.78 is 14.8. The molecule has 25 heavy (non-hydrogen) atoms. The first-order valence-corrected chi connectivity index (χ1v) is 7.26. The molecule has 1 aliphatic rings. The standard InChI is InChI=1S/C15H20O10/c1-23-7-3-6(4-8(24-2)10(7)17)13(20)15(22)14(21)12(19)11(18)9(5-16)25-15/h3-4,9,11-12,14,16-19,21-22H,5H2,1-2H3. The van der Waals surface area contributed by atoms with Crippen molar-refractivity contribution in [2.24, 2.45) is 0 Å². The van der Waals surface area contributed by atoms with Crippen LogP contribution in [0.4, 0.5) is 0 Å². The number of hydrogen-bond donors (Lipinski definition) is 6. The number of aromatic hydroxyl groups is 1. The zero-order valence-corrected chi connectivity index (χ0v) is 13.5. The Labute approximate surface area is 142 Å². The molecular weight excluding hydrogens is 340 g/mol. The molecular formula is C15H20O10. The van der Waals surface area contributed by atoms with Gasteiger partial charge in [0, 0.05) is 5.56 Å². The summed E-state index contributed by atoms with van der Waals surface area (Å²) in [6, 6.07) is 2.14. The minimum Gasteiger partial charge on any atom is -0.502 e. The highest BCUT2D eigenvalue weighted by atomic mass is 16.7. The second-order valence-electron chi connectivity index (χ2n) is 5.52. The van der Waals surface area contributed by atoms with Crippen molar-refractivity contribution in [1.29, 1.82) is 0 Å². The van der Waals surface area contributed by atoms with Gasteiger partial charge in [-0.15, -0.1) is 0 Å². The van der Waals surface area contributed by atoms with E-state index in [0.29, 0.717) is 0 Å². The fourth-order valence-corrected chi connectivity index (χ4v) is 2.57. The zero-order chi connectivity index (χ0) is 18.9. The molecule has 10 nitrogen and oxygen atoms in total. The number of ketones is 1. The average molecular weight is 360 g/mol. The van der Waals surface area contributed by atoms with Crippen molar-refractivity contribution in [2.75, 3.05) is 20.8 Å². The Balaban J connectivity index is 2.48. The molecule has 1 aliphatic heterocycles. The fourth-order valence-electron chi connectivity index (χ4n) is 2.57. The molecule has 10 heteroatoms. The number of Topliss-reactive ketones (excluding diaryl/α,β-unsaturated/α-hetero) is 1. The lowest BCUT2D eigenvalue weighted by Gasteiger charge is -2.44. The number of aliphatic hydroxyl groups is 5. The molecule has 140 valence electrons. The van der Waals surface area contributed by atoms with Gasteiger partial charge in [0.05, 0.1) is 20.8 Å². The van der Waals surface area contributed by atoms with Gasteiger partial charge >= 0.3 is 0 Å². The van der Waals surface area contributed by atoms with Crippen LogP contribution in [0.3, 0.4) is 0 Å². The van der Waals surface area contributed by atoms with Crippen LogP contribution in [0.1, 0.15) is 10.4 Å². The summed E-state index contributed by atoms with van der Waals surface area (Å²) >= 11 is 0. The maximum atomic E-state index is 12.7. The van der Waals surface area contributed by atoms with Gasteiger partial charge in [-0.2, -0.15) is 0 Å². The predicted octanol–water partition coefficient (Wildman–Crippen LogP) is -2.25. The third-order valence-electron chi connectivity index (χ3n) is 4.03. The minimum atomic E-state index is -2.95. The monoisotopic (exact) mass is 360 g/mol. The third-order valence-corrected chi connectivity index (χ3v) is 4.03. The molecule has 0 spiro atoms. The van der Waals surface area contributed by atoms with Gasteiger partial charge in [0.25, 0.3) is 5.79 Å². The molecule has 1 saturated heterocycles. The first kappa shape index (κ1) is 19.4. The van der Waals surface area contributed by atoms with Crippen LogP contribution in [0.25, 0.3) is 0 Å². The molecule has 2 rings (SSSR count). The Hall–Kier alpha value is -1.95. The maximum Gasteiger partial charge on any atom is 0.261 e. The van der Waals surface area contributed by atoms with E-state index < -0.39 is 42.6 Å². The number of benzene rings is 1. The number of phenols is 1. The number of hydrogen-bond acceptors (Lipinski definition) is 10. The largest absolute Gasteiger partial charge is 0.502 e. The van der Waals surface area contributed by atoms with E-state index in [1.165, 1.54) is 14.2 Å². The molecule has 6 N–H and O–H groups in total. The van der Waals surface area contributed by atoms with Crippen molar-refractivity contribution in [2.45, 2.75) is 30.2 Å². The quantitative estimate of drug-likeness (QED) is 0.316. The number of phenolic OH excluding ortho intramolecular Hbond substituents is 1. The topological polar surface area (TPSA) is 166 Å². The molecule has 0 saturated carbocycles. The lowest BCUT2D eigenvalue weighted by atomic mass is 9.87. The average Bonchev–Trinajstić information content (AvgIpc) is 2.62. The van der Waals surface area contributed by atoms with Crippen LogP contribution in [0.15, 0.2) is 12.1 Å². The third kappa shape index (κ3) is 3.15. The first-order chi connectivity index (χ1) is 11.7. The Morgan fingerprint density at radius 2 is 1.68 bits per heavy atom. The predicted molar refractivity (Wildman–Crippen MR) is 80.5 cm³/mol. The molecule has 5 atom stereocenters. The molecule has 5 unspecified atom stereocenters.